The molecule has 28 heavy (non-hydrogen) atoms. The topological polar surface area (TPSA) is 38.8 Å². The number of carbonyl (C=O) groups is 1. The van der Waals surface area contributed by atoms with Gasteiger partial charge in [0, 0.05) is 62.1 Å². The lowest BCUT2D eigenvalue weighted by Crippen LogP contribution is -2.46. The molecule has 0 spiro atoms. The molecule has 1 saturated heterocycles. The number of amides is 1. The standard InChI is InChI=1S/C22H29ClN4O/c1-25(2)10-9-24-22(28)19-6-3-5-18(15-19)17-26-11-13-27(14-12-26)21-8-4-7-20(23)16-21/h3-8,15-16H,9-14,17H2,1-2H3,(H,24,28). The number of hydrogen-bond donors (Lipinski definition) is 1. The SMILES string of the molecule is CN(C)CCNC(=O)c1cccc(CN2CCN(c3cccc(Cl)c3)CC2)c1. The molecule has 1 aliphatic heterocycles. The predicted molar refractivity (Wildman–Crippen MR) is 116 cm³/mol. The Morgan fingerprint density at radius 1 is 1.07 bits per heavy atom. The van der Waals surface area contributed by atoms with E-state index < -0.39 is 0 Å². The molecule has 0 saturated carbocycles. The summed E-state index contributed by atoms with van der Waals surface area (Å²) < 4.78 is 0. The molecular formula is C22H29ClN4O. The molecule has 150 valence electrons. The number of piperazine rings is 1. The minimum absolute atomic E-state index is 0.00512. The highest BCUT2D eigenvalue weighted by molar-refractivity contribution is 6.30. The highest BCUT2D eigenvalue weighted by atomic mass is 35.5. The molecule has 0 unspecified atom stereocenters. The van der Waals surface area contributed by atoms with Crippen molar-refractivity contribution < 1.29 is 4.79 Å². The van der Waals surface area contributed by atoms with Crippen molar-refractivity contribution in [2.24, 2.45) is 0 Å². The van der Waals surface area contributed by atoms with Crippen molar-refractivity contribution in [2.75, 3.05) is 58.3 Å². The Kier molecular flexibility index (Phi) is 7.31. The average Bonchev–Trinajstić information content (AvgIpc) is 2.68. The number of halogens is 1. The molecule has 0 aliphatic carbocycles. The van der Waals surface area contributed by atoms with Gasteiger partial charge in [0.25, 0.3) is 5.91 Å². The molecule has 5 nitrogen and oxygen atoms in total. The van der Waals surface area contributed by atoms with Gasteiger partial charge in [0.15, 0.2) is 0 Å². The van der Waals surface area contributed by atoms with Crippen molar-refractivity contribution in [3.63, 3.8) is 0 Å². The number of rotatable bonds is 7. The smallest absolute Gasteiger partial charge is 0.251 e. The number of nitrogens with one attached hydrogen (secondary N) is 1. The van der Waals surface area contributed by atoms with Crippen molar-refractivity contribution in [3.05, 3.63) is 64.7 Å². The Balaban J connectivity index is 1.51. The Hall–Kier alpha value is -2.08. The van der Waals surface area contributed by atoms with Gasteiger partial charge in [-0.2, -0.15) is 0 Å². The fraction of sp³-hybridized carbons (Fsp3) is 0.409. The summed E-state index contributed by atoms with van der Waals surface area (Å²) in [4.78, 5) is 19.2. The molecule has 1 N–H and O–H groups in total. The monoisotopic (exact) mass is 400 g/mol. The first kappa shape index (κ1) is 20.6. The van der Waals surface area contributed by atoms with Crippen LogP contribution in [0.15, 0.2) is 48.5 Å². The Labute approximate surface area is 172 Å². The quantitative estimate of drug-likeness (QED) is 0.775. The van der Waals surface area contributed by atoms with Gasteiger partial charge in [0.05, 0.1) is 0 Å². The summed E-state index contributed by atoms with van der Waals surface area (Å²) in [6.07, 6.45) is 0. The van der Waals surface area contributed by atoms with Gasteiger partial charge in [-0.15, -0.1) is 0 Å². The molecule has 0 atom stereocenters. The summed E-state index contributed by atoms with van der Waals surface area (Å²) >= 11 is 6.12. The first-order valence-electron chi connectivity index (χ1n) is 9.76. The molecular weight excluding hydrogens is 372 g/mol. The van der Waals surface area contributed by atoms with E-state index in [-0.39, 0.29) is 5.91 Å². The summed E-state index contributed by atoms with van der Waals surface area (Å²) in [5, 5.41) is 3.76. The minimum Gasteiger partial charge on any atom is -0.369 e. The second-order valence-corrected chi connectivity index (χ2v) is 7.94. The van der Waals surface area contributed by atoms with Crippen LogP contribution in [0, 0.1) is 0 Å². The maximum Gasteiger partial charge on any atom is 0.251 e. The lowest BCUT2D eigenvalue weighted by atomic mass is 10.1. The highest BCUT2D eigenvalue weighted by Gasteiger charge is 2.18. The van der Waals surface area contributed by atoms with E-state index in [1.165, 1.54) is 11.3 Å². The largest absolute Gasteiger partial charge is 0.369 e. The third-order valence-electron chi connectivity index (χ3n) is 4.99. The van der Waals surface area contributed by atoms with Crippen LogP contribution in [0.5, 0.6) is 0 Å². The zero-order chi connectivity index (χ0) is 19.9. The lowest BCUT2D eigenvalue weighted by molar-refractivity contribution is 0.0951. The van der Waals surface area contributed by atoms with Gasteiger partial charge in [0.2, 0.25) is 0 Å². The summed E-state index contributed by atoms with van der Waals surface area (Å²) in [6.45, 7) is 6.29. The van der Waals surface area contributed by atoms with Crippen molar-refractivity contribution in [3.8, 4) is 0 Å². The number of benzene rings is 2. The van der Waals surface area contributed by atoms with Crippen LogP contribution in [-0.2, 0) is 6.54 Å². The number of likely N-dealkylation sites (N-methyl/N-ethyl adjacent to an activating group) is 1. The molecule has 0 bridgehead atoms. The third-order valence-corrected chi connectivity index (χ3v) is 5.22. The molecule has 0 radical (unpaired) electrons. The Bertz CT molecular complexity index is 788. The molecule has 3 rings (SSSR count). The zero-order valence-electron chi connectivity index (χ0n) is 16.7. The number of anilines is 1. The van der Waals surface area contributed by atoms with Gasteiger partial charge < -0.3 is 15.1 Å². The van der Waals surface area contributed by atoms with Crippen LogP contribution < -0.4 is 10.2 Å². The third kappa shape index (κ3) is 5.96. The van der Waals surface area contributed by atoms with Crippen LogP contribution in [0.2, 0.25) is 5.02 Å². The Morgan fingerprint density at radius 2 is 1.82 bits per heavy atom. The summed E-state index contributed by atoms with van der Waals surface area (Å²) in [6, 6.07) is 16.0. The van der Waals surface area contributed by atoms with E-state index in [1.54, 1.807) is 0 Å². The predicted octanol–water partition coefficient (Wildman–Crippen LogP) is 2.95. The summed E-state index contributed by atoms with van der Waals surface area (Å²) in [7, 11) is 4.00. The van der Waals surface area contributed by atoms with Crippen molar-refractivity contribution in [1.29, 1.82) is 0 Å². The molecule has 6 heteroatoms. The van der Waals surface area contributed by atoms with E-state index in [0.717, 1.165) is 49.9 Å². The number of carbonyl (C=O) groups excluding carboxylic acids is 1. The van der Waals surface area contributed by atoms with Crippen LogP contribution in [0.25, 0.3) is 0 Å². The zero-order valence-corrected chi connectivity index (χ0v) is 17.5. The van der Waals surface area contributed by atoms with Gasteiger partial charge >= 0.3 is 0 Å². The fourth-order valence-corrected chi connectivity index (χ4v) is 3.59. The summed E-state index contributed by atoms with van der Waals surface area (Å²) in [5.41, 5.74) is 3.09. The van der Waals surface area contributed by atoms with Gasteiger partial charge in [-0.25, -0.2) is 0 Å². The van der Waals surface area contributed by atoms with Crippen LogP contribution in [-0.4, -0.2) is 69.1 Å². The minimum atomic E-state index is -0.00512. The van der Waals surface area contributed by atoms with Crippen molar-refractivity contribution in [1.82, 2.24) is 15.1 Å². The second-order valence-electron chi connectivity index (χ2n) is 7.50. The molecule has 2 aromatic rings. The van der Waals surface area contributed by atoms with Gasteiger partial charge in [-0.05, 0) is 50.0 Å². The average molecular weight is 401 g/mol. The normalized spacial score (nSPS) is 15.1. The van der Waals surface area contributed by atoms with Crippen LogP contribution in [0.3, 0.4) is 0 Å². The van der Waals surface area contributed by atoms with Crippen molar-refractivity contribution in [2.45, 2.75) is 6.54 Å². The van der Waals surface area contributed by atoms with Crippen LogP contribution in [0.4, 0.5) is 5.69 Å². The van der Waals surface area contributed by atoms with E-state index in [1.807, 2.05) is 50.5 Å². The highest BCUT2D eigenvalue weighted by Crippen LogP contribution is 2.21. The fourth-order valence-electron chi connectivity index (χ4n) is 3.40. The number of nitrogens with zero attached hydrogens (tertiary/aromatic N) is 3. The van der Waals surface area contributed by atoms with Crippen LogP contribution in [0.1, 0.15) is 15.9 Å². The summed E-state index contributed by atoms with van der Waals surface area (Å²) in [5.74, 6) is -0.00512. The molecule has 2 aromatic carbocycles. The molecule has 1 aliphatic rings. The second kappa shape index (κ2) is 9.92. The van der Waals surface area contributed by atoms with E-state index >= 15 is 0 Å². The van der Waals surface area contributed by atoms with E-state index in [2.05, 4.69) is 32.1 Å². The maximum atomic E-state index is 12.3. The van der Waals surface area contributed by atoms with Crippen molar-refractivity contribution >= 4 is 23.2 Å². The lowest BCUT2D eigenvalue weighted by Gasteiger charge is -2.36. The number of hydrogen-bond acceptors (Lipinski definition) is 4. The Morgan fingerprint density at radius 3 is 2.54 bits per heavy atom. The molecule has 1 amide bonds. The van der Waals surface area contributed by atoms with Gasteiger partial charge in [0.1, 0.15) is 0 Å². The first-order valence-corrected chi connectivity index (χ1v) is 10.1. The van der Waals surface area contributed by atoms with Gasteiger partial charge in [-0.1, -0.05) is 29.8 Å². The molecule has 1 heterocycles. The van der Waals surface area contributed by atoms with E-state index in [9.17, 15) is 4.79 Å². The molecule has 1 fully saturated rings. The molecule has 0 aromatic heterocycles. The van der Waals surface area contributed by atoms with E-state index in [4.69, 9.17) is 11.6 Å². The van der Waals surface area contributed by atoms with Crippen LogP contribution >= 0.6 is 11.6 Å². The first-order chi connectivity index (χ1) is 13.5. The van der Waals surface area contributed by atoms with Gasteiger partial charge in [-0.3, -0.25) is 9.69 Å². The van der Waals surface area contributed by atoms with E-state index in [0.29, 0.717) is 6.54 Å². The maximum absolute atomic E-state index is 12.3.